The van der Waals surface area contributed by atoms with Gasteiger partial charge in [0.15, 0.2) is 6.61 Å². The lowest BCUT2D eigenvalue weighted by Gasteiger charge is -2.10. The van der Waals surface area contributed by atoms with E-state index < -0.39 is 0 Å². The number of nitrogens with one attached hydrogen (secondary N) is 1. The minimum atomic E-state index is -0.104. The molecule has 0 saturated heterocycles. The topological polar surface area (TPSA) is 47.6 Å². The van der Waals surface area contributed by atoms with Crippen molar-refractivity contribution in [1.29, 1.82) is 0 Å². The molecule has 0 atom stereocenters. The highest BCUT2D eigenvalue weighted by molar-refractivity contribution is 5.88. The van der Waals surface area contributed by atoms with E-state index in [-0.39, 0.29) is 12.5 Å². The van der Waals surface area contributed by atoms with Crippen LogP contribution in [0, 0.1) is 0 Å². The van der Waals surface area contributed by atoms with Gasteiger partial charge in [0.1, 0.15) is 11.5 Å². The Labute approximate surface area is 153 Å². The third-order valence-electron chi connectivity index (χ3n) is 4.23. The summed E-state index contributed by atoms with van der Waals surface area (Å²) >= 11 is 0. The number of carbonyl (C=O) groups is 1. The van der Waals surface area contributed by atoms with Crippen molar-refractivity contribution in [1.82, 2.24) is 5.32 Å². The van der Waals surface area contributed by atoms with Gasteiger partial charge in [-0.3, -0.25) is 4.79 Å². The third kappa shape index (κ3) is 4.76. The fraction of sp³-hybridized carbons (Fsp3) is 0.227. The molecule has 0 spiro atoms. The first-order valence-electron chi connectivity index (χ1n) is 8.76. The van der Waals surface area contributed by atoms with Crippen LogP contribution in [-0.4, -0.2) is 26.2 Å². The van der Waals surface area contributed by atoms with E-state index in [1.165, 1.54) is 5.56 Å². The van der Waals surface area contributed by atoms with Gasteiger partial charge in [0, 0.05) is 11.9 Å². The first kappa shape index (κ1) is 17.8. The van der Waals surface area contributed by atoms with Crippen LogP contribution in [0.2, 0.25) is 0 Å². The van der Waals surface area contributed by atoms with E-state index >= 15 is 0 Å². The molecule has 0 unspecified atom stereocenters. The lowest BCUT2D eigenvalue weighted by molar-refractivity contribution is -0.123. The second-order valence-corrected chi connectivity index (χ2v) is 6.07. The summed E-state index contributed by atoms with van der Waals surface area (Å²) in [6.45, 7) is 0.653. The van der Waals surface area contributed by atoms with Crippen LogP contribution in [0.3, 0.4) is 0 Å². The molecule has 1 amide bonds. The molecule has 3 aromatic carbocycles. The summed E-state index contributed by atoms with van der Waals surface area (Å²) in [5, 5.41) is 5.02. The van der Waals surface area contributed by atoms with Crippen LogP contribution < -0.4 is 14.8 Å². The summed E-state index contributed by atoms with van der Waals surface area (Å²) in [4.78, 5) is 12.0. The molecule has 0 bridgehead atoms. The number of rotatable bonds is 8. The maximum Gasteiger partial charge on any atom is 0.257 e. The standard InChI is InChI=1S/C22H23NO3/c1-25-19-13-11-17(12-14-19)6-5-15-23-22(24)16-26-21-10-4-8-18-7-2-3-9-20(18)21/h2-4,7-14H,5-6,15-16H2,1H3,(H,23,24). The van der Waals surface area contributed by atoms with Gasteiger partial charge in [-0.15, -0.1) is 0 Å². The number of hydrogen-bond donors (Lipinski definition) is 1. The van der Waals surface area contributed by atoms with E-state index in [1.54, 1.807) is 7.11 Å². The second-order valence-electron chi connectivity index (χ2n) is 6.07. The number of aryl methyl sites for hydroxylation is 1. The molecule has 0 heterocycles. The van der Waals surface area contributed by atoms with Crippen LogP contribution in [0.1, 0.15) is 12.0 Å². The smallest absolute Gasteiger partial charge is 0.257 e. The van der Waals surface area contributed by atoms with Gasteiger partial charge < -0.3 is 14.8 Å². The van der Waals surface area contributed by atoms with Gasteiger partial charge in [-0.2, -0.15) is 0 Å². The van der Waals surface area contributed by atoms with Crippen molar-refractivity contribution in [2.75, 3.05) is 20.3 Å². The average molecular weight is 349 g/mol. The fourth-order valence-corrected chi connectivity index (χ4v) is 2.83. The Bertz CT molecular complexity index is 853. The number of hydrogen-bond acceptors (Lipinski definition) is 3. The van der Waals surface area contributed by atoms with Crippen molar-refractivity contribution in [2.24, 2.45) is 0 Å². The SMILES string of the molecule is COc1ccc(CCCNC(=O)COc2cccc3ccccc23)cc1. The molecule has 0 radical (unpaired) electrons. The largest absolute Gasteiger partial charge is 0.497 e. The molecular formula is C22H23NO3. The summed E-state index contributed by atoms with van der Waals surface area (Å²) < 4.78 is 10.8. The first-order valence-corrected chi connectivity index (χ1v) is 8.76. The molecule has 1 N–H and O–H groups in total. The fourth-order valence-electron chi connectivity index (χ4n) is 2.83. The van der Waals surface area contributed by atoms with Crippen molar-refractivity contribution in [3.05, 3.63) is 72.3 Å². The van der Waals surface area contributed by atoms with Crippen LogP contribution in [0.25, 0.3) is 10.8 Å². The summed E-state index contributed by atoms with van der Waals surface area (Å²) in [5.41, 5.74) is 1.23. The predicted octanol–water partition coefficient (Wildman–Crippen LogP) is 3.98. The van der Waals surface area contributed by atoms with E-state index in [2.05, 4.69) is 5.32 Å². The molecule has 0 aliphatic rings. The van der Waals surface area contributed by atoms with Crippen LogP contribution in [0.4, 0.5) is 0 Å². The number of ether oxygens (including phenoxy) is 2. The predicted molar refractivity (Wildman–Crippen MR) is 104 cm³/mol. The Morgan fingerprint density at radius 3 is 2.54 bits per heavy atom. The van der Waals surface area contributed by atoms with E-state index in [1.807, 2.05) is 66.7 Å². The number of carbonyl (C=O) groups excluding carboxylic acids is 1. The average Bonchev–Trinajstić information content (AvgIpc) is 2.70. The monoisotopic (exact) mass is 349 g/mol. The van der Waals surface area contributed by atoms with Crippen LogP contribution in [0.5, 0.6) is 11.5 Å². The van der Waals surface area contributed by atoms with Gasteiger partial charge in [-0.1, -0.05) is 48.5 Å². The number of fused-ring (bicyclic) bond motifs is 1. The molecule has 4 heteroatoms. The molecule has 0 aliphatic carbocycles. The zero-order valence-corrected chi connectivity index (χ0v) is 14.9. The summed E-state index contributed by atoms with van der Waals surface area (Å²) in [6, 6.07) is 21.8. The Morgan fingerprint density at radius 1 is 0.962 bits per heavy atom. The highest BCUT2D eigenvalue weighted by atomic mass is 16.5. The Kier molecular flexibility index (Phi) is 6.09. The van der Waals surface area contributed by atoms with Gasteiger partial charge in [0.2, 0.25) is 0 Å². The lowest BCUT2D eigenvalue weighted by Crippen LogP contribution is -2.29. The van der Waals surface area contributed by atoms with E-state index in [0.29, 0.717) is 6.54 Å². The van der Waals surface area contributed by atoms with E-state index in [0.717, 1.165) is 35.1 Å². The van der Waals surface area contributed by atoms with E-state index in [4.69, 9.17) is 9.47 Å². The molecule has 3 aromatic rings. The van der Waals surface area contributed by atoms with Crippen molar-refractivity contribution < 1.29 is 14.3 Å². The van der Waals surface area contributed by atoms with Crippen molar-refractivity contribution in [2.45, 2.75) is 12.8 Å². The minimum absolute atomic E-state index is 0.0243. The molecule has 3 rings (SSSR count). The van der Waals surface area contributed by atoms with Gasteiger partial charge >= 0.3 is 0 Å². The van der Waals surface area contributed by atoms with Crippen LogP contribution >= 0.6 is 0 Å². The Balaban J connectivity index is 1.41. The molecule has 4 nitrogen and oxygen atoms in total. The number of methoxy groups -OCH3 is 1. The van der Waals surface area contributed by atoms with Gasteiger partial charge in [0.25, 0.3) is 5.91 Å². The highest BCUT2D eigenvalue weighted by Crippen LogP contribution is 2.24. The molecule has 0 aliphatic heterocycles. The van der Waals surface area contributed by atoms with Crippen molar-refractivity contribution in [3.8, 4) is 11.5 Å². The molecule has 0 saturated carbocycles. The molecule has 134 valence electrons. The van der Waals surface area contributed by atoms with Gasteiger partial charge in [-0.05, 0) is 42.0 Å². The van der Waals surface area contributed by atoms with E-state index in [9.17, 15) is 4.79 Å². The number of amides is 1. The second kappa shape index (κ2) is 8.90. The summed E-state index contributed by atoms with van der Waals surface area (Å²) in [5.74, 6) is 1.48. The zero-order chi connectivity index (χ0) is 18.2. The number of benzene rings is 3. The maximum atomic E-state index is 12.0. The van der Waals surface area contributed by atoms with Gasteiger partial charge in [-0.25, -0.2) is 0 Å². The lowest BCUT2D eigenvalue weighted by atomic mass is 10.1. The maximum absolute atomic E-state index is 12.0. The molecule has 0 aromatic heterocycles. The third-order valence-corrected chi connectivity index (χ3v) is 4.23. The zero-order valence-electron chi connectivity index (χ0n) is 14.9. The van der Waals surface area contributed by atoms with Crippen LogP contribution in [0.15, 0.2) is 66.7 Å². The first-order chi connectivity index (χ1) is 12.8. The van der Waals surface area contributed by atoms with Gasteiger partial charge in [0.05, 0.1) is 7.11 Å². The Morgan fingerprint density at radius 2 is 1.73 bits per heavy atom. The summed E-state index contributed by atoms with van der Waals surface area (Å²) in [6.07, 6.45) is 1.79. The molecular weight excluding hydrogens is 326 g/mol. The highest BCUT2D eigenvalue weighted by Gasteiger charge is 2.05. The molecule has 26 heavy (non-hydrogen) atoms. The summed E-state index contributed by atoms with van der Waals surface area (Å²) in [7, 11) is 1.66. The van der Waals surface area contributed by atoms with Crippen molar-refractivity contribution in [3.63, 3.8) is 0 Å². The van der Waals surface area contributed by atoms with Crippen molar-refractivity contribution >= 4 is 16.7 Å². The normalized spacial score (nSPS) is 10.5. The van der Waals surface area contributed by atoms with Crippen LogP contribution in [-0.2, 0) is 11.2 Å². The Hall–Kier alpha value is -3.01. The minimum Gasteiger partial charge on any atom is -0.497 e. The quantitative estimate of drug-likeness (QED) is 0.626. The molecule has 0 fully saturated rings.